The zero-order valence-corrected chi connectivity index (χ0v) is 16.1. The monoisotopic (exact) mass is 452 g/mol. The van der Waals surface area contributed by atoms with Crippen molar-refractivity contribution in [1.82, 2.24) is 0 Å². The Balaban J connectivity index is 1.55. The molecule has 0 amide bonds. The number of carbonyl (C=O) groups excluding carboxylic acids is 1. The van der Waals surface area contributed by atoms with Gasteiger partial charge in [0.05, 0.1) is 11.1 Å². The summed E-state index contributed by atoms with van der Waals surface area (Å²) in [4.78, 5) is 12.5. The van der Waals surface area contributed by atoms with Crippen LogP contribution in [0.4, 0.5) is 22.0 Å². The molecule has 1 heterocycles. The Hall–Kier alpha value is -3.39. The Morgan fingerprint density at radius 1 is 0.871 bits per heavy atom. The molecule has 31 heavy (non-hydrogen) atoms. The zero-order valence-electron chi connectivity index (χ0n) is 15.3. The molecule has 0 aliphatic carbocycles. The molecule has 4 rings (SSSR count). The van der Waals surface area contributed by atoms with Gasteiger partial charge < -0.3 is 9.47 Å². The molecule has 0 saturated heterocycles. The largest absolute Gasteiger partial charge is 0.489 e. The lowest BCUT2D eigenvalue weighted by molar-refractivity contribution is 0.101. The summed E-state index contributed by atoms with van der Waals surface area (Å²) in [6.07, 6.45) is 1.51. The number of rotatable bonds is 4. The van der Waals surface area contributed by atoms with Crippen molar-refractivity contribution < 1.29 is 36.2 Å². The highest BCUT2D eigenvalue weighted by Crippen LogP contribution is 2.35. The summed E-state index contributed by atoms with van der Waals surface area (Å²) in [6, 6.07) is 10.6. The first-order chi connectivity index (χ1) is 14.8. The lowest BCUT2D eigenvalue weighted by Crippen LogP contribution is -2.09. The summed E-state index contributed by atoms with van der Waals surface area (Å²) in [6.45, 7) is -0.925. The predicted octanol–water partition coefficient (Wildman–Crippen LogP) is 6.23. The number of hydrogen-bond donors (Lipinski definition) is 0. The molecule has 1 aliphatic rings. The SMILES string of the molecule is O=C1C(=Cc2ccc(Cl)cc2)Oc2cc(OCc3c(F)c(F)c(F)c(F)c3F)ccc21. The topological polar surface area (TPSA) is 35.5 Å². The van der Waals surface area contributed by atoms with E-state index in [1.54, 1.807) is 24.3 Å². The van der Waals surface area contributed by atoms with E-state index in [1.807, 2.05) is 0 Å². The Kier molecular flexibility index (Phi) is 5.41. The van der Waals surface area contributed by atoms with Crippen LogP contribution in [0, 0.1) is 29.1 Å². The fraction of sp³-hybridized carbons (Fsp3) is 0.0455. The summed E-state index contributed by atoms with van der Waals surface area (Å²) in [5.41, 5.74) is -0.218. The standard InChI is InChI=1S/C22H10ClF5O3/c23-11-3-1-10(2-4-11)7-16-22(29)13-6-5-12(8-15(13)31-16)30-9-14-17(24)19(26)21(28)20(27)18(14)25/h1-8H,9H2. The molecule has 0 fully saturated rings. The van der Waals surface area contributed by atoms with Gasteiger partial charge in [0.15, 0.2) is 29.0 Å². The van der Waals surface area contributed by atoms with Crippen molar-refractivity contribution in [2.75, 3.05) is 0 Å². The summed E-state index contributed by atoms with van der Waals surface area (Å²) in [5.74, 6) is -10.5. The Labute approximate surface area is 177 Å². The number of ether oxygens (including phenoxy) is 2. The Morgan fingerprint density at radius 3 is 2.13 bits per heavy atom. The van der Waals surface area contributed by atoms with Gasteiger partial charge in [-0.25, -0.2) is 22.0 Å². The first-order valence-corrected chi connectivity index (χ1v) is 9.11. The molecular weight excluding hydrogens is 443 g/mol. The summed E-state index contributed by atoms with van der Waals surface area (Å²) >= 11 is 5.83. The maximum Gasteiger partial charge on any atom is 0.231 e. The van der Waals surface area contributed by atoms with E-state index in [4.69, 9.17) is 21.1 Å². The number of ketones is 1. The Bertz CT molecular complexity index is 1210. The highest BCUT2D eigenvalue weighted by atomic mass is 35.5. The summed E-state index contributed by atoms with van der Waals surface area (Å²) in [5, 5.41) is 0.527. The van der Waals surface area contributed by atoms with Crippen LogP contribution < -0.4 is 9.47 Å². The molecule has 3 aromatic carbocycles. The molecule has 3 aromatic rings. The van der Waals surface area contributed by atoms with E-state index < -0.39 is 47.0 Å². The second-order valence-corrected chi connectivity index (χ2v) is 6.92. The molecule has 1 aliphatic heterocycles. The minimum atomic E-state index is -2.25. The number of carbonyl (C=O) groups is 1. The first kappa shape index (κ1) is 20.9. The third-order valence-corrected chi connectivity index (χ3v) is 4.75. The third kappa shape index (κ3) is 3.86. The van der Waals surface area contributed by atoms with Crippen LogP contribution in [-0.4, -0.2) is 5.78 Å². The van der Waals surface area contributed by atoms with Crippen molar-refractivity contribution in [2.45, 2.75) is 6.61 Å². The molecule has 0 spiro atoms. The van der Waals surface area contributed by atoms with Crippen molar-refractivity contribution in [3.63, 3.8) is 0 Å². The lowest BCUT2D eigenvalue weighted by atomic mass is 10.1. The second-order valence-electron chi connectivity index (χ2n) is 6.49. The fourth-order valence-electron chi connectivity index (χ4n) is 2.90. The van der Waals surface area contributed by atoms with Gasteiger partial charge in [0.2, 0.25) is 11.6 Å². The van der Waals surface area contributed by atoms with Crippen molar-refractivity contribution in [1.29, 1.82) is 0 Å². The molecule has 0 N–H and O–H groups in total. The van der Waals surface area contributed by atoms with Crippen molar-refractivity contribution in [3.8, 4) is 11.5 Å². The highest BCUT2D eigenvalue weighted by Gasteiger charge is 2.29. The number of halogens is 6. The van der Waals surface area contributed by atoms with Gasteiger partial charge in [-0.15, -0.1) is 0 Å². The van der Waals surface area contributed by atoms with Gasteiger partial charge in [0.25, 0.3) is 0 Å². The number of hydrogen-bond acceptors (Lipinski definition) is 3. The maximum atomic E-state index is 13.8. The van der Waals surface area contributed by atoms with Gasteiger partial charge in [0.1, 0.15) is 18.1 Å². The van der Waals surface area contributed by atoms with Crippen molar-refractivity contribution in [2.24, 2.45) is 0 Å². The van der Waals surface area contributed by atoms with Crippen LogP contribution in [0.1, 0.15) is 21.5 Å². The molecule has 0 saturated carbocycles. The van der Waals surface area contributed by atoms with Crippen molar-refractivity contribution >= 4 is 23.5 Å². The lowest BCUT2D eigenvalue weighted by Gasteiger charge is -2.10. The maximum absolute atomic E-state index is 13.8. The average Bonchev–Trinajstić information content (AvgIpc) is 3.07. The van der Waals surface area contributed by atoms with E-state index in [1.165, 1.54) is 24.3 Å². The summed E-state index contributed by atoms with van der Waals surface area (Å²) in [7, 11) is 0. The minimum Gasteiger partial charge on any atom is -0.489 e. The quantitative estimate of drug-likeness (QED) is 0.204. The zero-order chi connectivity index (χ0) is 22.3. The van der Waals surface area contributed by atoms with Gasteiger partial charge in [0, 0.05) is 11.1 Å². The minimum absolute atomic E-state index is 0.00299. The second kappa shape index (κ2) is 8.03. The van der Waals surface area contributed by atoms with Crippen LogP contribution in [-0.2, 0) is 6.61 Å². The van der Waals surface area contributed by atoms with Gasteiger partial charge in [-0.05, 0) is 35.9 Å². The van der Waals surface area contributed by atoms with Gasteiger partial charge in [-0.3, -0.25) is 4.79 Å². The number of benzene rings is 3. The van der Waals surface area contributed by atoms with E-state index >= 15 is 0 Å². The first-order valence-electron chi connectivity index (χ1n) is 8.73. The van der Waals surface area contributed by atoms with Crippen LogP contribution >= 0.6 is 11.6 Å². The highest BCUT2D eigenvalue weighted by molar-refractivity contribution is 6.30. The molecule has 0 radical (unpaired) electrons. The molecule has 0 bridgehead atoms. The van der Waals surface area contributed by atoms with Crippen LogP contribution in [0.3, 0.4) is 0 Å². The van der Waals surface area contributed by atoms with Crippen LogP contribution in [0.25, 0.3) is 6.08 Å². The number of fused-ring (bicyclic) bond motifs is 1. The number of Topliss-reactive ketones (excluding diaryl/α,β-unsaturated/α-hetero) is 1. The molecule has 0 aromatic heterocycles. The molecule has 0 atom stereocenters. The van der Waals surface area contributed by atoms with E-state index in [2.05, 4.69) is 0 Å². The molecule has 0 unspecified atom stereocenters. The predicted molar refractivity (Wildman–Crippen MR) is 101 cm³/mol. The van der Waals surface area contributed by atoms with Gasteiger partial charge in [-0.1, -0.05) is 23.7 Å². The normalized spacial score (nSPS) is 14.0. The van der Waals surface area contributed by atoms with Gasteiger partial charge >= 0.3 is 0 Å². The smallest absolute Gasteiger partial charge is 0.231 e. The molecule has 158 valence electrons. The van der Waals surface area contributed by atoms with Crippen LogP contribution in [0.5, 0.6) is 11.5 Å². The number of allylic oxidation sites excluding steroid dienone is 1. The fourth-order valence-corrected chi connectivity index (χ4v) is 3.03. The molecule has 3 nitrogen and oxygen atoms in total. The van der Waals surface area contributed by atoms with Crippen LogP contribution in [0.2, 0.25) is 5.02 Å². The van der Waals surface area contributed by atoms with E-state index in [0.717, 1.165) is 0 Å². The van der Waals surface area contributed by atoms with Gasteiger partial charge in [-0.2, -0.15) is 0 Å². The molecular formula is C22H10ClF5O3. The Morgan fingerprint density at radius 2 is 1.48 bits per heavy atom. The third-order valence-electron chi connectivity index (χ3n) is 4.49. The molecule has 9 heteroatoms. The van der Waals surface area contributed by atoms with E-state index in [9.17, 15) is 26.7 Å². The van der Waals surface area contributed by atoms with E-state index in [0.29, 0.717) is 10.6 Å². The van der Waals surface area contributed by atoms with E-state index in [-0.39, 0.29) is 22.8 Å². The average molecular weight is 453 g/mol. The summed E-state index contributed by atoms with van der Waals surface area (Å²) < 4.78 is 78.0. The van der Waals surface area contributed by atoms with Crippen LogP contribution in [0.15, 0.2) is 48.2 Å². The van der Waals surface area contributed by atoms with Crippen molar-refractivity contribution in [3.05, 3.63) is 99.0 Å².